The molecule has 1 heterocycles. The highest BCUT2D eigenvalue weighted by Gasteiger charge is 2.03. The highest BCUT2D eigenvalue weighted by molar-refractivity contribution is 5.56. The van der Waals surface area contributed by atoms with Crippen LogP contribution in [0.2, 0.25) is 0 Å². The minimum absolute atomic E-state index is 0.651. The average molecular weight is 413 g/mol. The molecule has 0 aliphatic rings. The van der Waals surface area contributed by atoms with Gasteiger partial charge in [0.2, 0.25) is 0 Å². The molecule has 164 valence electrons. The third-order valence-corrected chi connectivity index (χ3v) is 4.45. The van der Waals surface area contributed by atoms with E-state index >= 15 is 0 Å². The van der Waals surface area contributed by atoms with Crippen LogP contribution in [-0.2, 0) is 4.74 Å². The van der Waals surface area contributed by atoms with E-state index in [0.717, 1.165) is 69.7 Å². The van der Waals surface area contributed by atoms with Gasteiger partial charge in [0.05, 0.1) is 25.6 Å². The maximum atomic E-state index is 5.80. The Kier molecular flexibility index (Phi) is 12.3. The first-order valence-electron chi connectivity index (χ1n) is 11.2. The Morgan fingerprint density at radius 3 is 2.10 bits per heavy atom. The molecule has 5 nitrogen and oxygen atoms in total. The Balaban J connectivity index is 1.68. The molecule has 5 heteroatoms. The van der Waals surface area contributed by atoms with Crippen molar-refractivity contribution in [2.24, 2.45) is 0 Å². The van der Waals surface area contributed by atoms with Gasteiger partial charge in [-0.05, 0) is 62.8 Å². The van der Waals surface area contributed by atoms with Crippen LogP contribution in [0.15, 0.2) is 48.8 Å². The van der Waals surface area contributed by atoms with Crippen molar-refractivity contribution in [2.75, 3.05) is 26.4 Å². The zero-order chi connectivity index (χ0) is 21.3. The molecule has 30 heavy (non-hydrogen) atoms. The topological polar surface area (TPSA) is 53.5 Å². The van der Waals surface area contributed by atoms with Crippen LogP contribution in [0.1, 0.15) is 58.8 Å². The Hall–Kier alpha value is -2.40. The molecule has 1 aromatic carbocycles. The van der Waals surface area contributed by atoms with Crippen molar-refractivity contribution in [3.8, 4) is 22.9 Å². The molecule has 0 bridgehead atoms. The van der Waals surface area contributed by atoms with Crippen molar-refractivity contribution in [3.05, 3.63) is 48.8 Å². The standard InChI is InChI=1S/C25H36N2O3/c1-3-5-6-7-8-9-18-29-23-14-12-22(13-15-23)25-26-20-24(21-27-25)30-19-11-10-17-28-16-4-2/h6-7,12-15,20-21H,3-5,8-11,16-19H2,1-2H3. The molecule has 0 amide bonds. The maximum Gasteiger partial charge on any atom is 0.159 e. The van der Waals surface area contributed by atoms with Gasteiger partial charge in [-0.1, -0.05) is 32.4 Å². The number of allylic oxidation sites excluding steroid dienone is 2. The summed E-state index contributed by atoms with van der Waals surface area (Å²) in [5.74, 6) is 2.25. The van der Waals surface area contributed by atoms with Crippen molar-refractivity contribution >= 4 is 0 Å². The molecule has 0 aliphatic carbocycles. The van der Waals surface area contributed by atoms with Crippen LogP contribution in [0.5, 0.6) is 11.5 Å². The number of rotatable bonds is 16. The first-order valence-corrected chi connectivity index (χ1v) is 11.2. The minimum atomic E-state index is 0.651. The van der Waals surface area contributed by atoms with E-state index in [1.54, 1.807) is 12.4 Å². The molecular formula is C25H36N2O3. The quantitative estimate of drug-likeness (QED) is 0.241. The lowest BCUT2D eigenvalue weighted by Crippen LogP contribution is -2.02. The SMILES string of the molecule is CCCC=CCCCOc1ccc(-c2ncc(OCCCCOCCC)cn2)cc1. The van der Waals surface area contributed by atoms with Crippen LogP contribution in [0, 0.1) is 0 Å². The van der Waals surface area contributed by atoms with Crippen molar-refractivity contribution in [1.82, 2.24) is 9.97 Å². The predicted octanol–water partition coefficient (Wildman–Crippen LogP) is 6.24. The van der Waals surface area contributed by atoms with E-state index < -0.39 is 0 Å². The number of ether oxygens (including phenoxy) is 3. The highest BCUT2D eigenvalue weighted by atomic mass is 16.5. The summed E-state index contributed by atoms with van der Waals surface area (Å²) in [4.78, 5) is 8.84. The van der Waals surface area contributed by atoms with Crippen molar-refractivity contribution in [3.63, 3.8) is 0 Å². The van der Waals surface area contributed by atoms with Crippen LogP contribution >= 0.6 is 0 Å². The normalized spacial score (nSPS) is 11.1. The van der Waals surface area contributed by atoms with Crippen molar-refractivity contribution in [2.45, 2.75) is 58.8 Å². The molecule has 1 aromatic heterocycles. The second-order valence-corrected chi connectivity index (χ2v) is 7.19. The molecule has 2 aromatic rings. The summed E-state index contributed by atoms with van der Waals surface area (Å²) in [6, 6.07) is 7.92. The number of nitrogens with zero attached hydrogens (tertiary/aromatic N) is 2. The number of aromatic nitrogens is 2. The summed E-state index contributed by atoms with van der Waals surface area (Å²) in [7, 11) is 0. The van der Waals surface area contributed by atoms with Gasteiger partial charge in [-0.25, -0.2) is 9.97 Å². The summed E-state index contributed by atoms with van der Waals surface area (Å²) in [6.45, 7) is 7.31. The lowest BCUT2D eigenvalue weighted by atomic mass is 10.2. The minimum Gasteiger partial charge on any atom is -0.494 e. The van der Waals surface area contributed by atoms with Gasteiger partial charge in [0.15, 0.2) is 11.6 Å². The van der Waals surface area contributed by atoms with Crippen LogP contribution in [0.25, 0.3) is 11.4 Å². The fourth-order valence-corrected chi connectivity index (χ4v) is 2.78. The van der Waals surface area contributed by atoms with Crippen molar-refractivity contribution in [1.29, 1.82) is 0 Å². The third kappa shape index (κ3) is 9.88. The van der Waals surface area contributed by atoms with Gasteiger partial charge in [-0.15, -0.1) is 0 Å². The van der Waals surface area contributed by atoms with Gasteiger partial charge < -0.3 is 14.2 Å². The molecule has 0 N–H and O–H groups in total. The number of hydrogen-bond acceptors (Lipinski definition) is 5. The largest absolute Gasteiger partial charge is 0.494 e. The zero-order valence-corrected chi connectivity index (χ0v) is 18.5. The lowest BCUT2D eigenvalue weighted by molar-refractivity contribution is 0.127. The monoisotopic (exact) mass is 412 g/mol. The van der Waals surface area contributed by atoms with E-state index in [-0.39, 0.29) is 0 Å². The van der Waals surface area contributed by atoms with E-state index in [4.69, 9.17) is 14.2 Å². The summed E-state index contributed by atoms with van der Waals surface area (Å²) in [6.07, 6.45) is 15.4. The Bertz CT molecular complexity index is 699. The van der Waals surface area contributed by atoms with Gasteiger partial charge in [0, 0.05) is 18.8 Å². The molecule has 0 saturated carbocycles. The summed E-state index contributed by atoms with van der Waals surface area (Å²) >= 11 is 0. The van der Waals surface area contributed by atoms with Gasteiger partial charge in [0.25, 0.3) is 0 Å². The molecule has 0 atom stereocenters. The van der Waals surface area contributed by atoms with Crippen LogP contribution < -0.4 is 9.47 Å². The fraction of sp³-hybridized carbons (Fsp3) is 0.520. The Morgan fingerprint density at radius 2 is 1.37 bits per heavy atom. The summed E-state index contributed by atoms with van der Waals surface area (Å²) in [5.41, 5.74) is 0.962. The number of unbranched alkanes of at least 4 members (excludes halogenated alkanes) is 3. The van der Waals surface area contributed by atoms with Crippen LogP contribution in [0.3, 0.4) is 0 Å². The molecule has 0 fully saturated rings. The fourth-order valence-electron chi connectivity index (χ4n) is 2.78. The molecule has 2 rings (SSSR count). The predicted molar refractivity (Wildman–Crippen MR) is 122 cm³/mol. The van der Waals surface area contributed by atoms with Gasteiger partial charge in [0.1, 0.15) is 5.75 Å². The third-order valence-electron chi connectivity index (χ3n) is 4.45. The molecule has 0 saturated heterocycles. The second-order valence-electron chi connectivity index (χ2n) is 7.19. The Labute approximate surface area is 181 Å². The molecule has 0 spiro atoms. The van der Waals surface area contributed by atoms with Crippen LogP contribution in [0.4, 0.5) is 0 Å². The summed E-state index contributed by atoms with van der Waals surface area (Å²) in [5, 5.41) is 0. The van der Waals surface area contributed by atoms with Crippen molar-refractivity contribution < 1.29 is 14.2 Å². The highest BCUT2D eigenvalue weighted by Crippen LogP contribution is 2.20. The molecule has 0 unspecified atom stereocenters. The van der Waals surface area contributed by atoms with E-state index in [0.29, 0.717) is 18.2 Å². The lowest BCUT2D eigenvalue weighted by Gasteiger charge is -2.08. The van der Waals surface area contributed by atoms with E-state index in [1.165, 1.54) is 6.42 Å². The Morgan fingerprint density at radius 1 is 0.700 bits per heavy atom. The average Bonchev–Trinajstić information content (AvgIpc) is 2.79. The first kappa shape index (κ1) is 23.9. The zero-order valence-electron chi connectivity index (χ0n) is 18.5. The second kappa shape index (κ2) is 15.4. The first-order chi connectivity index (χ1) is 14.8. The van der Waals surface area contributed by atoms with Gasteiger partial charge in [-0.2, -0.15) is 0 Å². The summed E-state index contributed by atoms with van der Waals surface area (Å²) < 4.78 is 17.0. The maximum absolute atomic E-state index is 5.80. The number of benzene rings is 1. The number of hydrogen-bond donors (Lipinski definition) is 0. The van der Waals surface area contributed by atoms with Gasteiger partial charge >= 0.3 is 0 Å². The van der Waals surface area contributed by atoms with E-state index in [2.05, 4.69) is 36.0 Å². The van der Waals surface area contributed by atoms with E-state index in [1.807, 2.05) is 24.3 Å². The van der Waals surface area contributed by atoms with E-state index in [9.17, 15) is 0 Å². The molecule has 0 aliphatic heterocycles. The molecule has 0 radical (unpaired) electrons. The smallest absolute Gasteiger partial charge is 0.159 e. The van der Waals surface area contributed by atoms with Gasteiger partial charge in [-0.3, -0.25) is 0 Å². The molecular weight excluding hydrogens is 376 g/mol. The van der Waals surface area contributed by atoms with Crippen LogP contribution in [-0.4, -0.2) is 36.4 Å².